The Balaban J connectivity index is 1.92. The minimum atomic E-state index is -0.156. The number of carbonyl (C=O) groups is 1. The summed E-state index contributed by atoms with van der Waals surface area (Å²) in [6.07, 6.45) is 10.7. The van der Waals surface area contributed by atoms with Crippen LogP contribution in [-0.2, 0) is 10.2 Å². The lowest BCUT2D eigenvalue weighted by Gasteiger charge is -2.37. The summed E-state index contributed by atoms with van der Waals surface area (Å²) in [6, 6.07) is 10.6. The van der Waals surface area contributed by atoms with E-state index >= 15 is 0 Å². The van der Waals surface area contributed by atoms with Gasteiger partial charge in [0.2, 0.25) is 0 Å². The first-order chi connectivity index (χ1) is 10.3. The second kappa shape index (κ2) is 6.34. The Morgan fingerprint density at radius 2 is 1.71 bits per heavy atom. The van der Waals surface area contributed by atoms with Crippen molar-refractivity contribution in [3.05, 3.63) is 35.9 Å². The van der Waals surface area contributed by atoms with Crippen LogP contribution in [-0.4, -0.2) is 5.78 Å². The fraction of sp³-hybridized carbons (Fsp3) is 0.650. The van der Waals surface area contributed by atoms with E-state index in [1.165, 1.54) is 44.1 Å². The lowest BCUT2D eigenvalue weighted by Crippen LogP contribution is -2.41. The highest BCUT2D eigenvalue weighted by atomic mass is 16.1. The average molecular weight is 284 g/mol. The van der Waals surface area contributed by atoms with Crippen molar-refractivity contribution in [1.29, 1.82) is 0 Å². The third kappa shape index (κ3) is 2.67. The highest BCUT2D eigenvalue weighted by Crippen LogP contribution is 2.47. The van der Waals surface area contributed by atoms with E-state index < -0.39 is 0 Å². The van der Waals surface area contributed by atoms with Crippen LogP contribution in [0.25, 0.3) is 0 Å². The molecule has 1 aromatic rings. The largest absolute Gasteiger partial charge is 0.298 e. The molecule has 2 atom stereocenters. The summed E-state index contributed by atoms with van der Waals surface area (Å²) in [7, 11) is 0. The molecule has 2 aliphatic carbocycles. The predicted molar refractivity (Wildman–Crippen MR) is 87.3 cm³/mol. The first kappa shape index (κ1) is 14.8. The van der Waals surface area contributed by atoms with Gasteiger partial charge in [-0.2, -0.15) is 0 Å². The predicted octanol–water partition coefficient (Wildman–Crippen LogP) is 5.28. The summed E-state index contributed by atoms with van der Waals surface area (Å²) in [6.45, 7) is 2.26. The van der Waals surface area contributed by atoms with Gasteiger partial charge in [0, 0.05) is 5.92 Å². The second-order valence-electron chi connectivity index (χ2n) is 7.08. The zero-order valence-electron chi connectivity index (χ0n) is 13.3. The van der Waals surface area contributed by atoms with Gasteiger partial charge in [-0.25, -0.2) is 0 Å². The Morgan fingerprint density at radius 1 is 1.05 bits per heavy atom. The van der Waals surface area contributed by atoms with Crippen LogP contribution in [0.5, 0.6) is 0 Å². The van der Waals surface area contributed by atoms with E-state index in [0.717, 1.165) is 19.3 Å². The quantitative estimate of drug-likeness (QED) is 0.734. The number of Topliss-reactive ketones (excluding diaryl/α,β-unsaturated/α-hetero) is 1. The lowest BCUT2D eigenvalue weighted by atomic mass is 9.65. The van der Waals surface area contributed by atoms with Gasteiger partial charge in [0.15, 0.2) is 0 Å². The van der Waals surface area contributed by atoms with Gasteiger partial charge in [-0.05, 0) is 37.2 Å². The van der Waals surface area contributed by atoms with Crippen LogP contribution in [0.2, 0.25) is 0 Å². The number of hydrogen-bond donors (Lipinski definition) is 0. The Labute approximate surface area is 129 Å². The Bertz CT molecular complexity index is 470. The number of ketones is 1. The SMILES string of the molecule is CCC1CCCCC1C(=O)C1(c2ccccc2)CCCC1. The van der Waals surface area contributed by atoms with Crippen molar-refractivity contribution in [2.75, 3.05) is 0 Å². The van der Waals surface area contributed by atoms with Crippen LogP contribution in [0.1, 0.15) is 70.3 Å². The molecule has 2 unspecified atom stereocenters. The van der Waals surface area contributed by atoms with E-state index in [4.69, 9.17) is 0 Å². The van der Waals surface area contributed by atoms with Crippen molar-refractivity contribution in [3.8, 4) is 0 Å². The maximum absolute atomic E-state index is 13.5. The fourth-order valence-electron chi connectivity index (χ4n) is 4.81. The van der Waals surface area contributed by atoms with Crippen LogP contribution in [0, 0.1) is 11.8 Å². The molecule has 0 radical (unpaired) electrons. The molecule has 2 aliphatic rings. The molecule has 0 amide bonds. The topological polar surface area (TPSA) is 17.1 Å². The molecule has 0 spiro atoms. The first-order valence-corrected chi connectivity index (χ1v) is 8.88. The minimum absolute atomic E-state index is 0.156. The van der Waals surface area contributed by atoms with Crippen molar-refractivity contribution >= 4 is 5.78 Å². The molecule has 0 saturated heterocycles. The summed E-state index contributed by atoms with van der Waals surface area (Å²) >= 11 is 0. The third-order valence-corrected chi connectivity index (χ3v) is 6.03. The van der Waals surface area contributed by atoms with E-state index in [1.807, 2.05) is 0 Å². The molecule has 1 nitrogen and oxygen atoms in total. The lowest BCUT2D eigenvalue weighted by molar-refractivity contribution is -0.131. The van der Waals surface area contributed by atoms with Gasteiger partial charge in [0.05, 0.1) is 5.41 Å². The minimum Gasteiger partial charge on any atom is -0.298 e. The van der Waals surface area contributed by atoms with Gasteiger partial charge >= 0.3 is 0 Å². The van der Waals surface area contributed by atoms with Crippen LogP contribution in [0.4, 0.5) is 0 Å². The fourth-order valence-corrected chi connectivity index (χ4v) is 4.81. The number of rotatable bonds is 4. The summed E-state index contributed by atoms with van der Waals surface area (Å²) in [5, 5.41) is 0. The van der Waals surface area contributed by atoms with Gasteiger partial charge in [-0.1, -0.05) is 69.4 Å². The zero-order chi connectivity index (χ0) is 14.7. The van der Waals surface area contributed by atoms with Gasteiger partial charge in [0.1, 0.15) is 5.78 Å². The molecule has 0 aliphatic heterocycles. The van der Waals surface area contributed by atoms with Crippen LogP contribution in [0.15, 0.2) is 30.3 Å². The van der Waals surface area contributed by atoms with Crippen LogP contribution in [0.3, 0.4) is 0 Å². The van der Waals surface area contributed by atoms with Gasteiger partial charge in [-0.15, -0.1) is 0 Å². The van der Waals surface area contributed by atoms with E-state index in [-0.39, 0.29) is 5.41 Å². The zero-order valence-corrected chi connectivity index (χ0v) is 13.3. The number of carbonyl (C=O) groups excluding carboxylic acids is 1. The molecular formula is C20H28O. The summed E-state index contributed by atoms with van der Waals surface area (Å²) in [4.78, 5) is 13.5. The van der Waals surface area contributed by atoms with Crippen molar-refractivity contribution in [2.45, 2.75) is 70.1 Å². The molecule has 2 fully saturated rings. The summed E-state index contributed by atoms with van der Waals surface area (Å²) < 4.78 is 0. The van der Waals surface area contributed by atoms with Gasteiger partial charge in [-0.3, -0.25) is 4.79 Å². The smallest absolute Gasteiger partial charge is 0.146 e. The maximum Gasteiger partial charge on any atom is 0.146 e. The van der Waals surface area contributed by atoms with Crippen molar-refractivity contribution in [3.63, 3.8) is 0 Å². The first-order valence-electron chi connectivity index (χ1n) is 8.88. The molecule has 3 rings (SSSR count). The number of benzene rings is 1. The number of hydrogen-bond acceptors (Lipinski definition) is 1. The molecule has 21 heavy (non-hydrogen) atoms. The van der Waals surface area contributed by atoms with Crippen LogP contribution >= 0.6 is 0 Å². The van der Waals surface area contributed by atoms with Gasteiger partial charge < -0.3 is 0 Å². The van der Waals surface area contributed by atoms with Crippen molar-refractivity contribution < 1.29 is 4.79 Å². The maximum atomic E-state index is 13.5. The normalized spacial score (nSPS) is 28.4. The highest BCUT2D eigenvalue weighted by molar-refractivity contribution is 5.92. The van der Waals surface area contributed by atoms with E-state index in [2.05, 4.69) is 37.3 Å². The van der Waals surface area contributed by atoms with Crippen molar-refractivity contribution in [2.24, 2.45) is 11.8 Å². The molecule has 0 heterocycles. The molecule has 0 bridgehead atoms. The molecule has 1 heteroatoms. The molecule has 2 saturated carbocycles. The molecule has 114 valence electrons. The van der Waals surface area contributed by atoms with E-state index in [9.17, 15) is 4.79 Å². The Hall–Kier alpha value is -1.11. The Kier molecular flexibility index (Phi) is 4.47. The Morgan fingerprint density at radius 3 is 2.38 bits per heavy atom. The van der Waals surface area contributed by atoms with Gasteiger partial charge in [0.25, 0.3) is 0 Å². The monoisotopic (exact) mass is 284 g/mol. The van der Waals surface area contributed by atoms with E-state index in [1.54, 1.807) is 0 Å². The molecule has 1 aromatic carbocycles. The second-order valence-corrected chi connectivity index (χ2v) is 7.08. The summed E-state index contributed by atoms with van der Waals surface area (Å²) in [5.41, 5.74) is 1.13. The summed E-state index contributed by atoms with van der Waals surface area (Å²) in [5.74, 6) is 1.53. The highest BCUT2D eigenvalue weighted by Gasteiger charge is 2.46. The van der Waals surface area contributed by atoms with Crippen LogP contribution < -0.4 is 0 Å². The standard InChI is InChI=1S/C20H28O/c1-2-16-10-6-7-13-18(16)19(21)20(14-8-9-15-20)17-11-4-3-5-12-17/h3-5,11-12,16,18H,2,6-10,13-15H2,1H3. The van der Waals surface area contributed by atoms with E-state index in [0.29, 0.717) is 17.6 Å². The van der Waals surface area contributed by atoms with Crippen molar-refractivity contribution in [1.82, 2.24) is 0 Å². The average Bonchev–Trinajstić information content (AvgIpc) is 3.06. The third-order valence-electron chi connectivity index (χ3n) is 6.03. The molecule has 0 N–H and O–H groups in total. The molecule has 0 aromatic heterocycles. The molecular weight excluding hydrogens is 256 g/mol.